The molecule has 1 saturated heterocycles. The van der Waals surface area contributed by atoms with E-state index in [2.05, 4.69) is 14.5 Å². The van der Waals surface area contributed by atoms with E-state index >= 15 is 0 Å². The van der Waals surface area contributed by atoms with Crippen molar-refractivity contribution in [1.29, 1.82) is 0 Å². The van der Waals surface area contributed by atoms with E-state index in [9.17, 15) is 4.39 Å². The Labute approximate surface area is 136 Å². The van der Waals surface area contributed by atoms with E-state index in [1.54, 1.807) is 6.07 Å². The molecule has 2 heterocycles. The third-order valence-electron chi connectivity index (χ3n) is 4.46. The van der Waals surface area contributed by atoms with Gasteiger partial charge in [-0.25, -0.2) is 9.37 Å². The molecule has 1 aromatic heterocycles. The number of imidazole rings is 1. The predicted molar refractivity (Wildman–Crippen MR) is 88.0 cm³/mol. The normalized spacial score (nSPS) is 19.0. The summed E-state index contributed by atoms with van der Waals surface area (Å²) in [5.41, 5.74) is 0. The Bertz CT molecular complexity index is 628. The van der Waals surface area contributed by atoms with Gasteiger partial charge in [-0.2, -0.15) is 0 Å². The van der Waals surface area contributed by atoms with Gasteiger partial charge in [-0.05, 0) is 31.5 Å². The van der Waals surface area contributed by atoms with Gasteiger partial charge in [0.15, 0.2) is 0 Å². The first kappa shape index (κ1) is 16.0. The fraction of sp³-hybridized carbons (Fsp3) is 0.500. The maximum absolute atomic E-state index is 13.2. The SMILES string of the molecule is Cn1ccnc1CCN1CCC[C@@H](COc2cccc(F)c2)C1. The highest BCUT2D eigenvalue weighted by molar-refractivity contribution is 5.22. The van der Waals surface area contributed by atoms with Crippen LogP contribution in [-0.4, -0.2) is 40.7 Å². The number of likely N-dealkylation sites (tertiary alicyclic amines) is 1. The lowest BCUT2D eigenvalue weighted by atomic mass is 9.99. The lowest BCUT2D eigenvalue weighted by Gasteiger charge is -2.32. The summed E-state index contributed by atoms with van der Waals surface area (Å²) >= 11 is 0. The van der Waals surface area contributed by atoms with Crippen molar-refractivity contribution in [3.8, 4) is 5.75 Å². The van der Waals surface area contributed by atoms with Crippen LogP contribution in [0.25, 0.3) is 0 Å². The zero-order chi connectivity index (χ0) is 16.1. The second-order valence-electron chi connectivity index (χ2n) is 6.28. The number of piperidine rings is 1. The predicted octanol–water partition coefficient (Wildman–Crippen LogP) is 2.89. The second-order valence-corrected chi connectivity index (χ2v) is 6.28. The van der Waals surface area contributed by atoms with Gasteiger partial charge in [-0.15, -0.1) is 0 Å². The van der Waals surface area contributed by atoms with Gasteiger partial charge in [0.2, 0.25) is 0 Å². The van der Waals surface area contributed by atoms with Crippen LogP contribution in [0.4, 0.5) is 4.39 Å². The Hall–Kier alpha value is -1.88. The molecule has 0 spiro atoms. The van der Waals surface area contributed by atoms with Crippen molar-refractivity contribution >= 4 is 0 Å². The van der Waals surface area contributed by atoms with Crippen LogP contribution in [0.5, 0.6) is 5.75 Å². The number of nitrogens with zero attached hydrogens (tertiary/aromatic N) is 3. The standard InChI is InChI=1S/C18H24FN3O/c1-21-11-8-20-18(21)7-10-22-9-3-4-15(13-22)14-23-17-6-2-5-16(19)12-17/h2,5-6,8,11-12,15H,3-4,7,9-10,13-14H2,1H3/t15-/m1/s1. The Balaban J connectivity index is 1.45. The number of benzene rings is 1. The van der Waals surface area contributed by atoms with E-state index in [1.165, 1.54) is 25.0 Å². The van der Waals surface area contributed by atoms with Crippen LogP contribution in [0.2, 0.25) is 0 Å². The number of ether oxygens (including phenoxy) is 1. The molecule has 3 rings (SSSR count). The topological polar surface area (TPSA) is 30.3 Å². The molecule has 2 aromatic rings. The van der Waals surface area contributed by atoms with Crippen molar-refractivity contribution in [1.82, 2.24) is 14.5 Å². The summed E-state index contributed by atoms with van der Waals surface area (Å²) in [6.45, 7) is 3.87. The van der Waals surface area contributed by atoms with E-state index in [1.807, 2.05) is 25.5 Å². The summed E-state index contributed by atoms with van der Waals surface area (Å²) in [6, 6.07) is 6.38. The Kier molecular flexibility index (Phi) is 5.28. The van der Waals surface area contributed by atoms with Gasteiger partial charge in [-0.1, -0.05) is 6.07 Å². The van der Waals surface area contributed by atoms with Crippen LogP contribution in [0, 0.1) is 11.7 Å². The molecule has 1 aliphatic heterocycles. The summed E-state index contributed by atoms with van der Waals surface area (Å²) in [7, 11) is 2.04. The number of aryl methyl sites for hydroxylation is 1. The van der Waals surface area contributed by atoms with Gasteiger partial charge >= 0.3 is 0 Å². The van der Waals surface area contributed by atoms with Crippen molar-refractivity contribution in [2.75, 3.05) is 26.2 Å². The summed E-state index contributed by atoms with van der Waals surface area (Å²) in [5.74, 6) is 2.01. The highest BCUT2D eigenvalue weighted by atomic mass is 19.1. The second kappa shape index (κ2) is 7.59. The number of hydrogen-bond donors (Lipinski definition) is 0. The first-order valence-corrected chi connectivity index (χ1v) is 8.27. The van der Waals surface area contributed by atoms with Crippen LogP contribution in [-0.2, 0) is 13.5 Å². The highest BCUT2D eigenvalue weighted by Crippen LogP contribution is 2.19. The fourth-order valence-electron chi connectivity index (χ4n) is 3.16. The van der Waals surface area contributed by atoms with E-state index in [0.717, 1.165) is 31.9 Å². The smallest absolute Gasteiger partial charge is 0.126 e. The van der Waals surface area contributed by atoms with Gasteiger partial charge < -0.3 is 14.2 Å². The number of halogens is 1. The van der Waals surface area contributed by atoms with Crippen molar-refractivity contribution in [2.45, 2.75) is 19.3 Å². The largest absolute Gasteiger partial charge is 0.493 e. The quantitative estimate of drug-likeness (QED) is 0.821. The minimum absolute atomic E-state index is 0.247. The summed E-state index contributed by atoms with van der Waals surface area (Å²) in [6.07, 6.45) is 7.18. The van der Waals surface area contributed by atoms with Gasteiger partial charge in [0.1, 0.15) is 17.4 Å². The molecule has 1 atom stereocenters. The van der Waals surface area contributed by atoms with E-state index < -0.39 is 0 Å². The van der Waals surface area contributed by atoms with Gasteiger partial charge in [0.25, 0.3) is 0 Å². The van der Waals surface area contributed by atoms with Crippen LogP contribution in [0.3, 0.4) is 0 Å². The lowest BCUT2D eigenvalue weighted by molar-refractivity contribution is 0.130. The Morgan fingerprint density at radius 1 is 1.39 bits per heavy atom. The molecule has 0 amide bonds. The van der Waals surface area contributed by atoms with E-state index in [4.69, 9.17) is 4.74 Å². The summed E-state index contributed by atoms with van der Waals surface area (Å²) in [4.78, 5) is 6.86. The molecule has 124 valence electrons. The van der Waals surface area contributed by atoms with Crippen LogP contribution >= 0.6 is 0 Å². The van der Waals surface area contributed by atoms with Gasteiger partial charge in [0.05, 0.1) is 6.61 Å². The van der Waals surface area contributed by atoms with E-state index in [-0.39, 0.29) is 5.82 Å². The van der Waals surface area contributed by atoms with Crippen LogP contribution in [0.15, 0.2) is 36.7 Å². The molecular formula is C18H24FN3O. The van der Waals surface area contributed by atoms with Crippen LogP contribution in [0.1, 0.15) is 18.7 Å². The summed E-state index contributed by atoms with van der Waals surface area (Å²) in [5, 5.41) is 0. The lowest BCUT2D eigenvalue weighted by Crippen LogP contribution is -2.39. The van der Waals surface area contributed by atoms with Crippen molar-refractivity contribution in [3.63, 3.8) is 0 Å². The molecule has 23 heavy (non-hydrogen) atoms. The molecule has 4 nitrogen and oxygen atoms in total. The zero-order valence-corrected chi connectivity index (χ0v) is 13.6. The molecule has 0 unspecified atom stereocenters. The van der Waals surface area contributed by atoms with Crippen molar-refractivity contribution in [3.05, 3.63) is 48.3 Å². The molecule has 1 aliphatic rings. The molecule has 5 heteroatoms. The molecule has 0 N–H and O–H groups in total. The zero-order valence-electron chi connectivity index (χ0n) is 13.6. The minimum Gasteiger partial charge on any atom is -0.493 e. The van der Waals surface area contributed by atoms with Gasteiger partial charge in [-0.3, -0.25) is 0 Å². The molecular weight excluding hydrogens is 293 g/mol. The minimum atomic E-state index is -0.247. The number of hydrogen-bond acceptors (Lipinski definition) is 3. The summed E-state index contributed by atoms with van der Waals surface area (Å²) < 4.78 is 21.0. The third kappa shape index (κ3) is 4.55. The first-order valence-electron chi connectivity index (χ1n) is 8.27. The fourth-order valence-corrected chi connectivity index (χ4v) is 3.16. The molecule has 0 radical (unpaired) electrons. The van der Waals surface area contributed by atoms with Crippen molar-refractivity contribution < 1.29 is 9.13 Å². The van der Waals surface area contributed by atoms with E-state index in [0.29, 0.717) is 18.3 Å². The van der Waals surface area contributed by atoms with Gasteiger partial charge in [0, 0.05) is 50.9 Å². The average molecular weight is 317 g/mol. The molecule has 0 bridgehead atoms. The number of aromatic nitrogens is 2. The Morgan fingerprint density at radius 2 is 2.30 bits per heavy atom. The van der Waals surface area contributed by atoms with Crippen molar-refractivity contribution in [2.24, 2.45) is 13.0 Å². The Morgan fingerprint density at radius 3 is 3.09 bits per heavy atom. The molecule has 0 aliphatic carbocycles. The molecule has 0 saturated carbocycles. The highest BCUT2D eigenvalue weighted by Gasteiger charge is 2.20. The molecule has 1 aromatic carbocycles. The maximum Gasteiger partial charge on any atom is 0.126 e. The third-order valence-corrected chi connectivity index (χ3v) is 4.46. The first-order chi connectivity index (χ1) is 11.2. The number of rotatable bonds is 6. The maximum atomic E-state index is 13.2. The van der Waals surface area contributed by atoms with Crippen LogP contribution < -0.4 is 4.74 Å². The average Bonchev–Trinajstić information content (AvgIpc) is 2.97. The molecule has 1 fully saturated rings. The monoisotopic (exact) mass is 317 g/mol.